The molecule has 0 aromatic carbocycles. The lowest BCUT2D eigenvalue weighted by atomic mass is 10.1. The van der Waals surface area contributed by atoms with E-state index in [1.807, 2.05) is 18.7 Å². The Labute approximate surface area is 103 Å². The molecule has 1 aromatic rings. The van der Waals surface area contributed by atoms with E-state index in [1.54, 1.807) is 0 Å². The van der Waals surface area contributed by atoms with Crippen LogP contribution in [0.25, 0.3) is 0 Å². The third kappa shape index (κ3) is 2.11. The van der Waals surface area contributed by atoms with Crippen molar-refractivity contribution in [1.82, 2.24) is 9.78 Å². The molecule has 96 valence electrons. The molecule has 0 aliphatic carbocycles. The summed E-state index contributed by atoms with van der Waals surface area (Å²) in [5, 5.41) is 4.39. The van der Waals surface area contributed by atoms with Crippen LogP contribution in [0.15, 0.2) is 0 Å². The fraction of sp³-hybridized carbons (Fsp3) is 0.750. The summed E-state index contributed by atoms with van der Waals surface area (Å²) in [6.45, 7) is 7.86. The average molecular weight is 238 g/mol. The van der Waals surface area contributed by atoms with Gasteiger partial charge in [0, 0.05) is 13.6 Å². The number of nitrogens with two attached hydrogens (primary N) is 1. The minimum atomic E-state index is 0.243. The summed E-state index contributed by atoms with van der Waals surface area (Å²) in [5.41, 5.74) is 7.82. The van der Waals surface area contributed by atoms with Crippen molar-refractivity contribution in [3.05, 3.63) is 5.69 Å². The van der Waals surface area contributed by atoms with E-state index >= 15 is 0 Å². The summed E-state index contributed by atoms with van der Waals surface area (Å²) in [6, 6.07) is 0.392. The van der Waals surface area contributed by atoms with Crippen molar-refractivity contribution in [3.63, 3.8) is 0 Å². The predicted octanol–water partition coefficient (Wildman–Crippen LogP) is 1.31. The van der Waals surface area contributed by atoms with Gasteiger partial charge in [-0.25, -0.2) is 0 Å². The molecule has 1 fully saturated rings. The Balaban J connectivity index is 2.35. The van der Waals surface area contributed by atoms with E-state index in [2.05, 4.69) is 23.8 Å². The van der Waals surface area contributed by atoms with Crippen molar-refractivity contribution in [3.8, 4) is 0 Å². The smallest absolute Gasteiger partial charge is 0.150 e. The minimum absolute atomic E-state index is 0.243. The highest BCUT2D eigenvalue weighted by Crippen LogP contribution is 2.30. The first kappa shape index (κ1) is 12.2. The maximum Gasteiger partial charge on any atom is 0.150 e. The van der Waals surface area contributed by atoms with Crippen molar-refractivity contribution in [2.24, 2.45) is 7.05 Å². The lowest BCUT2D eigenvalue weighted by molar-refractivity contribution is 0.0294. The van der Waals surface area contributed by atoms with Gasteiger partial charge in [-0.05, 0) is 20.3 Å². The van der Waals surface area contributed by atoms with Crippen LogP contribution in [0.5, 0.6) is 0 Å². The van der Waals surface area contributed by atoms with Crippen LogP contribution >= 0.6 is 0 Å². The first-order chi connectivity index (χ1) is 8.04. The van der Waals surface area contributed by atoms with E-state index in [-0.39, 0.29) is 6.10 Å². The van der Waals surface area contributed by atoms with E-state index in [0.717, 1.165) is 36.8 Å². The number of aryl methyl sites for hydroxylation is 2. The highest BCUT2D eigenvalue weighted by Gasteiger charge is 2.29. The molecule has 0 saturated carbocycles. The summed E-state index contributed by atoms with van der Waals surface area (Å²) >= 11 is 0. The number of morpholine rings is 1. The van der Waals surface area contributed by atoms with Gasteiger partial charge in [-0.3, -0.25) is 4.68 Å². The van der Waals surface area contributed by atoms with Crippen molar-refractivity contribution in [2.45, 2.75) is 39.3 Å². The monoisotopic (exact) mass is 238 g/mol. The molecule has 5 nitrogen and oxygen atoms in total. The summed E-state index contributed by atoms with van der Waals surface area (Å²) < 4.78 is 7.59. The number of nitrogen functional groups attached to an aromatic ring is 1. The highest BCUT2D eigenvalue weighted by atomic mass is 16.5. The van der Waals surface area contributed by atoms with Gasteiger partial charge in [-0.15, -0.1) is 0 Å². The molecule has 2 rings (SSSR count). The number of anilines is 2. The molecule has 0 radical (unpaired) electrons. The summed E-state index contributed by atoms with van der Waals surface area (Å²) in [7, 11) is 1.95. The van der Waals surface area contributed by atoms with Crippen molar-refractivity contribution < 1.29 is 4.74 Å². The van der Waals surface area contributed by atoms with Gasteiger partial charge in [0.25, 0.3) is 0 Å². The highest BCUT2D eigenvalue weighted by molar-refractivity contribution is 5.66. The van der Waals surface area contributed by atoms with Crippen LogP contribution < -0.4 is 10.6 Å². The molecule has 1 aliphatic rings. The quantitative estimate of drug-likeness (QED) is 0.844. The maximum absolute atomic E-state index is 6.13. The molecule has 2 heterocycles. The van der Waals surface area contributed by atoms with Crippen molar-refractivity contribution in [1.29, 1.82) is 0 Å². The van der Waals surface area contributed by atoms with Crippen LogP contribution in [0.4, 0.5) is 11.5 Å². The van der Waals surface area contributed by atoms with Crippen molar-refractivity contribution >= 4 is 11.5 Å². The van der Waals surface area contributed by atoms with E-state index in [9.17, 15) is 0 Å². The van der Waals surface area contributed by atoms with Gasteiger partial charge in [-0.1, -0.05) is 6.92 Å². The minimum Gasteiger partial charge on any atom is -0.394 e. The second kappa shape index (κ2) is 4.56. The maximum atomic E-state index is 6.13. The van der Waals surface area contributed by atoms with Gasteiger partial charge in [0.1, 0.15) is 0 Å². The lowest BCUT2D eigenvalue weighted by Crippen LogP contribution is -2.49. The number of hydrogen-bond donors (Lipinski definition) is 1. The Bertz CT molecular complexity index is 401. The third-order valence-electron chi connectivity index (χ3n) is 3.45. The van der Waals surface area contributed by atoms with Gasteiger partial charge in [0.15, 0.2) is 5.82 Å². The molecule has 0 spiro atoms. The standard InChI is InChI=1S/C12H22N4O/c1-5-10-7-17-8(2)6-16(10)12-11(13)9(3)14-15(12)4/h8,10H,5-7,13H2,1-4H3. The van der Waals surface area contributed by atoms with Crippen LogP contribution in [-0.4, -0.2) is 35.1 Å². The van der Waals surface area contributed by atoms with E-state index in [4.69, 9.17) is 10.5 Å². The fourth-order valence-electron chi connectivity index (χ4n) is 2.44. The Morgan fingerprint density at radius 3 is 2.76 bits per heavy atom. The molecule has 5 heteroatoms. The second-order valence-electron chi connectivity index (χ2n) is 4.80. The van der Waals surface area contributed by atoms with E-state index < -0.39 is 0 Å². The van der Waals surface area contributed by atoms with Gasteiger partial charge in [0.2, 0.25) is 0 Å². The lowest BCUT2D eigenvalue weighted by Gasteiger charge is -2.39. The Kier molecular flexibility index (Phi) is 3.28. The number of ether oxygens (including phenoxy) is 1. The Hall–Kier alpha value is -1.23. The molecule has 2 unspecified atom stereocenters. The number of aromatic nitrogens is 2. The number of nitrogens with zero attached hydrogens (tertiary/aromatic N) is 3. The molecule has 0 bridgehead atoms. The summed E-state index contributed by atoms with van der Waals surface area (Å²) in [4.78, 5) is 2.34. The SMILES string of the molecule is CCC1COC(C)CN1c1c(N)c(C)nn1C. The molecule has 0 amide bonds. The van der Waals surface area contributed by atoms with Crippen LogP contribution in [0, 0.1) is 6.92 Å². The van der Waals surface area contributed by atoms with Crippen LogP contribution in [-0.2, 0) is 11.8 Å². The van der Waals surface area contributed by atoms with Crippen molar-refractivity contribution in [2.75, 3.05) is 23.8 Å². The van der Waals surface area contributed by atoms with Crippen LogP contribution in [0.2, 0.25) is 0 Å². The molecule has 1 saturated heterocycles. The zero-order chi connectivity index (χ0) is 12.6. The predicted molar refractivity (Wildman–Crippen MR) is 69.2 cm³/mol. The first-order valence-corrected chi connectivity index (χ1v) is 6.21. The van der Waals surface area contributed by atoms with Crippen LogP contribution in [0.3, 0.4) is 0 Å². The molecule has 2 atom stereocenters. The zero-order valence-electron chi connectivity index (χ0n) is 11.1. The summed E-state index contributed by atoms with van der Waals surface area (Å²) in [5.74, 6) is 1.03. The number of rotatable bonds is 2. The van der Waals surface area contributed by atoms with Crippen LogP contribution in [0.1, 0.15) is 26.0 Å². The van der Waals surface area contributed by atoms with E-state index in [0.29, 0.717) is 6.04 Å². The average Bonchev–Trinajstić information content (AvgIpc) is 2.53. The largest absolute Gasteiger partial charge is 0.394 e. The molecular weight excluding hydrogens is 216 g/mol. The second-order valence-corrected chi connectivity index (χ2v) is 4.80. The Morgan fingerprint density at radius 2 is 2.24 bits per heavy atom. The van der Waals surface area contributed by atoms with Gasteiger partial charge < -0.3 is 15.4 Å². The molecule has 1 aliphatic heterocycles. The molecule has 1 aromatic heterocycles. The topological polar surface area (TPSA) is 56.3 Å². The molecule has 17 heavy (non-hydrogen) atoms. The molecular formula is C12H22N4O. The fourth-order valence-corrected chi connectivity index (χ4v) is 2.44. The normalized spacial score (nSPS) is 25.3. The molecule has 2 N–H and O–H groups in total. The van der Waals surface area contributed by atoms with Gasteiger partial charge >= 0.3 is 0 Å². The first-order valence-electron chi connectivity index (χ1n) is 6.21. The summed E-state index contributed by atoms with van der Waals surface area (Å²) in [6.07, 6.45) is 1.29. The zero-order valence-corrected chi connectivity index (χ0v) is 11.1. The van der Waals surface area contributed by atoms with E-state index in [1.165, 1.54) is 0 Å². The van der Waals surface area contributed by atoms with Gasteiger partial charge in [0.05, 0.1) is 30.1 Å². The van der Waals surface area contributed by atoms with Gasteiger partial charge in [-0.2, -0.15) is 5.10 Å². The number of hydrogen-bond acceptors (Lipinski definition) is 4. The Morgan fingerprint density at radius 1 is 1.53 bits per heavy atom. The third-order valence-corrected chi connectivity index (χ3v) is 3.45.